The summed E-state index contributed by atoms with van der Waals surface area (Å²) in [6, 6.07) is 7.15. The third-order valence-electron chi connectivity index (χ3n) is 4.78. The molecule has 1 saturated heterocycles. The molecule has 2 nitrogen and oxygen atoms in total. The van der Waals surface area contributed by atoms with Crippen LogP contribution in [0.5, 0.6) is 0 Å². The molecule has 0 unspecified atom stereocenters. The van der Waals surface area contributed by atoms with E-state index in [1.807, 2.05) is 6.07 Å². The van der Waals surface area contributed by atoms with Crippen molar-refractivity contribution in [2.45, 2.75) is 51.2 Å². The van der Waals surface area contributed by atoms with E-state index in [0.717, 1.165) is 22.0 Å². The number of hydrogen-bond acceptors (Lipinski definition) is 2. The Hall–Kier alpha value is -0.540. The van der Waals surface area contributed by atoms with Gasteiger partial charge in [0, 0.05) is 22.7 Å². The number of piperidine rings is 1. The molecule has 1 heterocycles. The fourth-order valence-electron chi connectivity index (χ4n) is 3.79. The summed E-state index contributed by atoms with van der Waals surface area (Å²) in [6.45, 7) is 1.29. The maximum absolute atomic E-state index is 9.26. The number of nitrogens with zero attached hydrogens (tertiary/aromatic N) is 1. The van der Waals surface area contributed by atoms with Crippen LogP contribution in [-0.4, -0.2) is 17.7 Å². The lowest BCUT2D eigenvalue weighted by atomic mass is 9.78. The van der Waals surface area contributed by atoms with Crippen LogP contribution in [0.4, 0.5) is 5.69 Å². The number of aliphatic hydroxyl groups is 1. The van der Waals surface area contributed by atoms with Crippen LogP contribution >= 0.6 is 15.9 Å². The van der Waals surface area contributed by atoms with Crippen molar-refractivity contribution >= 4 is 21.6 Å². The van der Waals surface area contributed by atoms with Crippen LogP contribution in [0.2, 0.25) is 0 Å². The van der Waals surface area contributed by atoms with E-state index in [1.165, 1.54) is 50.8 Å². The van der Waals surface area contributed by atoms with E-state index >= 15 is 0 Å². The van der Waals surface area contributed by atoms with Crippen LogP contribution in [0.25, 0.3) is 0 Å². The molecule has 19 heavy (non-hydrogen) atoms. The van der Waals surface area contributed by atoms with Gasteiger partial charge >= 0.3 is 0 Å². The largest absolute Gasteiger partial charge is 0.392 e. The number of benzene rings is 1. The average Bonchev–Trinajstić information content (AvgIpc) is 2.46. The molecule has 1 saturated carbocycles. The topological polar surface area (TPSA) is 23.5 Å². The number of anilines is 1. The highest BCUT2D eigenvalue weighted by atomic mass is 79.9. The van der Waals surface area contributed by atoms with Crippen molar-refractivity contribution in [3.8, 4) is 0 Å². The third kappa shape index (κ3) is 2.68. The van der Waals surface area contributed by atoms with Gasteiger partial charge in [0.15, 0.2) is 0 Å². The number of fused-ring (bicyclic) bond motifs is 1. The smallest absolute Gasteiger partial charge is 0.0692 e. The number of aliphatic hydroxyl groups excluding tert-OH is 1. The molecule has 1 aromatic rings. The highest BCUT2D eigenvalue weighted by molar-refractivity contribution is 9.10. The van der Waals surface area contributed by atoms with Crippen molar-refractivity contribution in [3.05, 3.63) is 28.2 Å². The first-order chi connectivity index (χ1) is 9.29. The normalized spacial score (nSPS) is 27.2. The molecule has 1 aromatic carbocycles. The third-order valence-corrected chi connectivity index (χ3v) is 5.52. The number of halogens is 1. The lowest BCUT2D eigenvalue weighted by molar-refractivity contribution is 0.243. The van der Waals surface area contributed by atoms with Gasteiger partial charge in [0.1, 0.15) is 0 Å². The molecule has 0 bridgehead atoms. The zero-order chi connectivity index (χ0) is 13.2. The zero-order valence-electron chi connectivity index (χ0n) is 11.3. The predicted octanol–water partition coefficient (Wildman–Crippen LogP) is 4.10. The maximum Gasteiger partial charge on any atom is 0.0692 e. The van der Waals surface area contributed by atoms with Crippen LogP contribution < -0.4 is 4.90 Å². The standard InChI is InChI=1S/C16H22BrNO/c17-15-10-14(8-7-13(15)11-19)18-9-3-5-12-4-1-2-6-16(12)18/h7-8,10,12,16,19H,1-6,9,11H2/t12-,16-/m1/s1. The quantitative estimate of drug-likeness (QED) is 0.885. The van der Waals surface area contributed by atoms with Gasteiger partial charge in [-0.1, -0.05) is 34.8 Å². The minimum atomic E-state index is 0.104. The van der Waals surface area contributed by atoms with Gasteiger partial charge < -0.3 is 10.0 Å². The summed E-state index contributed by atoms with van der Waals surface area (Å²) in [5, 5.41) is 9.26. The van der Waals surface area contributed by atoms with Crippen LogP contribution in [0.15, 0.2) is 22.7 Å². The second-order valence-corrected chi connectivity index (χ2v) is 6.74. The zero-order valence-corrected chi connectivity index (χ0v) is 12.9. The Morgan fingerprint density at radius 2 is 1.95 bits per heavy atom. The molecule has 0 radical (unpaired) electrons. The van der Waals surface area contributed by atoms with Gasteiger partial charge in [-0.15, -0.1) is 0 Å². The van der Waals surface area contributed by atoms with Gasteiger partial charge in [-0.25, -0.2) is 0 Å². The summed E-state index contributed by atoms with van der Waals surface area (Å²) in [5.74, 6) is 0.902. The maximum atomic E-state index is 9.26. The van der Waals surface area contributed by atoms with Crippen molar-refractivity contribution in [1.29, 1.82) is 0 Å². The molecule has 1 aliphatic heterocycles. The minimum Gasteiger partial charge on any atom is -0.392 e. The minimum absolute atomic E-state index is 0.104. The average molecular weight is 324 g/mol. The van der Waals surface area contributed by atoms with E-state index in [2.05, 4.69) is 33.0 Å². The molecule has 1 aliphatic carbocycles. The first-order valence-electron chi connectivity index (χ1n) is 7.45. The van der Waals surface area contributed by atoms with Crippen molar-refractivity contribution in [3.63, 3.8) is 0 Å². The Kier molecular flexibility index (Phi) is 4.13. The van der Waals surface area contributed by atoms with Crippen LogP contribution in [0.3, 0.4) is 0 Å². The van der Waals surface area contributed by atoms with Gasteiger partial charge in [-0.05, 0) is 49.3 Å². The number of hydrogen-bond donors (Lipinski definition) is 1. The molecule has 0 amide bonds. The molecule has 2 atom stereocenters. The molecular weight excluding hydrogens is 302 g/mol. The molecule has 0 spiro atoms. The van der Waals surface area contributed by atoms with E-state index < -0.39 is 0 Å². The molecular formula is C16H22BrNO. The molecule has 3 heteroatoms. The van der Waals surface area contributed by atoms with Crippen LogP contribution in [-0.2, 0) is 6.61 Å². The lowest BCUT2D eigenvalue weighted by Gasteiger charge is -2.45. The van der Waals surface area contributed by atoms with E-state index in [1.54, 1.807) is 0 Å². The summed E-state index contributed by atoms with van der Waals surface area (Å²) < 4.78 is 1.03. The Bertz CT molecular complexity index is 446. The summed E-state index contributed by atoms with van der Waals surface area (Å²) in [6.07, 6.45) is 8.30. The summed E-state index contributed by atoms with van der Waals surface area (Å²) in [5.41, 5.74) is 2.29. The monoisotopic (exact) mass is 323 g/mol. The van der Waals surface area contributed by atoms with E-state index in [0.29, 0.717) is 0 Å². The van der Waals surface area contributed by atoms with E-state index in [-0.39, 0.29) is 6.61 Å². The fraction of sp³-hybridized carbons (Fsp3) is 0.625. The second kappa shape index (κ2) is 5.84. The highest BCUT2D eigenvalue weighted by Crippen LogP contribution is 2.38. The van der Waals surface area contributed by atoms with E-state index in [4.69, 9.17) is 0 Å². The Morgan fingerprint density at radius 1 is 1.16 bits per heavy atom. The van der Waals surface area contributed by atoms with Crippen molar-refractivity contribution in [1.82, 2.24) is 0 Å². The first kappa shape index (κ1) is 13.4. The summed E-state index contributed by atoms with van der Waals surface area (Å²) in [4.78, 5) is 2.61. The van der Waals surface area contributed by atoms with Crippen LogP contribution in [0.1, 0.15) is 44.1 Å². The van der Waals surface area contributed by atoms with Crippen molar-refractivity contribution in [2.75, 3.05) is 11.4 Å². The van der Waals surface area contributed by atoms with Crippen molar-refractivity contribution in [2.24, 2.45) is 5.92 Å². The highest BCUT2D eigenvalue weighted by Gasteiger charge is 2.33. The molecule has 1 N–H and O–H groups in total. The van der Waals surface area contributed by atoms with Gasteiger partial charge in [0.05, 0.1) is 6.61 Å². The van der Waals surface area contributed by atoms with Gasteiger partial charge in [0.25, 0.3) is 0 Å². The van der Waals surface area contributed by atoms with Gasteiger partial charge in [-0.3, -0.25) is 0 Å². The Labute approximate surface area is 123 Å². The molecule has 3 rings (SSSR count). The van der Waals surface area contributed by atoms with Crippen LogP contribution in [0, 0.1) is 5.92 Å². The molecule has 2 fully saturated rings. The second-order valence-electron chi connectivity index (χ2n) is 5.88. The number of rotatable bonds is 2. The first-order valence-corrected chi connectivity index (χ1v) is 8.25. The SMILES string of the molecule is OCc1ccc(N2CCC[C@H]3CCCC[C@H]32)cc1Br. The summed E-state index contributed by atoms with van der Waals surface area (Å²) >= 11 is 3.58. The fourth-order valence-corrected chi connectivity index (χ4v) is 4.28. The Balaban J connectivity index is 1.85. The van der Waals surface area contributed by atoms with Crippen molar-refractivity contribution < 1.29 is 5.11 Å². The lowest BCUT2D eigenvalue weighted by Crippen LogP contribution is -2.46. The van der Waals surface area contributed by atoms with E-state index in [9.17, 15) is 5.11 Å². The molecule has 2 aliphatic rings. The summed E-state index contributed by atoms with van der Waals surface area (Å²) in [7, 11) is 0. The molecule has 0 aromatic heterocycles. The van der Waals surface area contributed by atoms with Gasteiger partial charge in [0.2, 0.25) is 0 Å². The van der Waals surface area contributed by atoms with Gasteiger partial charge in [-0.2, -0.15) is 0 Å². The molecule has 104 valence electrons. The Morgan fingerprint density at radius 3 is 2.74 bits per heavy atom. The predicted molar refractivity (Wildman–Crippen MR) is 82.4 cm³/mol.